The average Bonchev–Trinajstić information content (AvgIpc) is 2.15. The molecule has 0 aliphatic heterocycles. The van der Waals surface area contributed by atoms with Gasteiger partial charge in [-0.1, -0.05) is 6.92 Å². The van der Waals surface area contributed by atoms with Crippen molar-refractivity contribution in [2.24, 2.45) is 5.73 Å². The predicted molar refractivity (Wildman–Crippen MR) is 57.8 cm³/mol. The fraction of sp³-hybridized carbons (Fsp3) is 0.875. The molecule has 0 heterocycles. The van der Waals surface area contributed by atoms with Gasteiger partial charge in [0.1, 0.15) is 0 Å². The molecule has 1 unspecified atom stereocenters. The van der Waals surface area contributed by atoms with Gasteiger partial charge in [0.25, 0.3) is 0 Å². The van der Waals surface area contributed by atoms with Gasteiger partial charge in [-0.2, -0.15) is 0 Å². The van der Waals surface area contributed by atoms with Gasteiger partial charge >= 0.3 is 6.03 Å². The van der Waals surface area contributed by atoms with E-state index in [-0.39, 0.29) is 5.67 Å². The minimum Gasteiger partial charge on any atom is -0.422 e. The normalized spacial score (nSPS) is 13.3. The molecular formula is C8H20N2O3Si. The highest BCUT2D eigenvalue weighted by atomic mass is 28.2. The second kappa shape index (κ2) is 8.98. The van der Waals surface area contributed by atoms with Gasteiger partial charge in [-0.15, -0.1) is 0 Å². The van der Waals surface area contributed by atoms with Gasteiger partial charge in [0.05, 0.1) is 0 Å². The Morgan fingerprint density at radius 2 is 2.29 bits per heavy atom. The van der Waals surface area contributed by atoms with Crippen molar-refractivity contribution in [1.29, 1.82) is 0 Å². The number of primary amides is 1. The van der Waals surface area contributed by atoms with Crippen molar-refractivity contribution < 1.29 is 14.0 Å². The molecule has 1 atom stereocenters. The van der Waals surface area contributed by atoms with Crippen LogP contribution in [0.15, 0.2) is 0 Å². The maximum atomic E-state index is 10.6. The molecule has 0 aliphatic rings. The number of nitrogens with two attached hydrogens (primary N) is 1. The molecule has 0 saturated heterocycles. The van der Waals surface area contributed by atoms with Crippen molar-refractivity contribution in [2.75, 3.05) is 20.3 Å². The van der Waals surface area contributed by atoms with Gasteiger partial charge in [0.2, 0.25) is 0 Å². The molecule has 0 rings (SSSR count). The Morgan fingerprint density at radius 1 is 1.57 bits per heavy atom. The lowest BCUT2D eigenvalue weighted by molar-refractivity contribution is 0.173. The molecule has 0 spiro atoms. The predicted octanol–water partition coefficient (Wildman–Crippen LogP) is -0.472. The smallest absolute Gasteiger partial charge is 0.312 e. The lowest BCUT2D eigenvalue weighted by atomic mass is 10.5. The Morgan fingerprint density at radius 3 is 2.79 bits per heavy atom. The Labute approximate surface area is 87.3 Å². The van der Waals surface area contributed by atoms with Crippen molar-refractivity contribution in [3.05, 3.63) is 0 Å². The van der Waals surface area contributed by atoms with E-state index in [1.54, 1.807) is 7.11 Å². The third kappa shape index (κ3) is 8.03. The lowest BCUT2D eigenvalue weighted by Crippen LogP contribution is -2.42. The molecule has 0 bridgehead atoms. The van der Waals surface area contributed by atoms with Crippen molar-refractivity contribution in [3.8, 4) is 0 Å². The Balaban J connectivity index is 3.38. The maximum absolute atomic E-state index is 10.6. The number of hydrogen-bond donors (Lipinski definition) is 2. The van der Waals surface area contributed by atoms with Crippen molar-refractivity contribution in [2.45, 2.75) is 25.4 Å². The van der Waals surface area contributed by atoms with Gasteiger partial charge in [0.15, 0.2) is 9.76 Å². The summed E-state index contributed by atoms with van der Waals surface area (Å²) in [5.74, 6) is 0. The Kier molecular flexibility index (Phi) is 8.60. The van der Waals surface area contributed by atoms with E-state index in [0.717, 1.165) is 12.8 Å². The number of urea groups is 1. The van der Waals surface area contributed by atoms with Crippen LogP contribution in [-0.2, 0) is 9.16 Å². The zero-order chi connectivity index (χ0) is 10.8. The molecule has 0 radical (unpaired) electrons. The standard InChI is InChI=1S/C8H20N2O3Si/c1-3-7(10-8(9)11)14-13-6-4-5-12-2/h7H,3-6,14H2,1-2H3,(H3,9,10,11). The van der Waals surface area contributed by atoms with E-state index in [2.05, 4.69) is 5.32 Å². The Bertz CT molecular complexity index is 158. The minimum atomic E-state index is -0.713. The molecule has 0 fully saturated rings. The molecule has 0 aromatic heterocycles. The van der Waals surface area contributed by atoms with Crippen LogP contribution in [0.25, 0.3) is 0 Å². The highest BCUT2D eigenvalue weighted by Crippen LogP contribution is 1.90. The molecule has 14 heavy (non-hydrogen) atoms. The van der Waals surface area contributed by atoms with Crippen LogP contribution in [0.4, 0.5) is 4.79 Å². The number of carbonyl (C=O) groups excluding carboxylic acids is 1. The molecule has 5 nitrogen and oxygen atoms in total. The van der Waals surface area contributed by atoms with Crippen LogP contribution in [0.1, 0.15) is 19.8 Å². The number of methoxy groups -OCH3 is 1. The molecule has 0 aromatic carbocycles. The van der Waals surface area contributed by atoms with Gasteiger partial charge in [-0.3, -0.25) is 0 Å². The fourth-order valence-corrected chi connectivity index (χ4v) is 2.17. The summed E-state index contributed by atoms with van der Waals surface area (Å²) in [5.41, 5.74) is 5.17. The SMILES string of the molecule is CCC(NC(N)=O)[SiH2]OCCCOC. The molecule has 2 amide bonds. The fourth-order valence-electron chi connectivity index (χ4n) is 0.994. The molecule has 6 heteroatoms. The first kappa shape index (κ1) is 13.4. The summed E-state index contributed by atoms with van der Waals surface area (Å²) < 4.78 is 10.4. The quantitative estimate of drug-likeness (QED) is 0.429. The maximum Gasteiger partial charge on any atom is 0.312 e. The largest absolute Gasteiger partial charge is 0.422 e. The van der Waals surface area contributed by atoms with Gasteiger partial charge in [0, 0.05) is 26.0 Å². The topological polar surface area (TPSA) is 73.6 Å². The number of hydrogen-bond acceptors (Lipinski definition) is 3. The summed E-state index contributed by atoms with van der Waals surface area (Å²) in [5, 5.41) is 2.66. The number of carbonyl (C=O) groups is 1. The average molecular weight is 220 g/mol. The summed E-state index contributed by atoms with van der Waals surface area (Å²) in [6.07, 6.45) is 1.77. The first-order valence-corrected chi connectivity index (χ1v) is 6.22. The van der Waals surface area contributed by atoms with Crippen LogP contribution in [0.2, 0.25) is 0 Å². The summed E-state index contributed by atoms with van der Waals surface area (Å²) >= 11 is 0. The van der Waals surface area contributed by atoms with Crippen molar-refractivity contribution in [1.82, 2.24) is 5.32 Å². The number of ether oxygens (including phenoxy) is 1. The van der Waals surface area contributed by atoms with E-state index in [9.17, 15) is 4.79 Å². The minimum absolute atomic E-state index is 0.148. The van der Waals surface area contributed by atoms with Gasteiger partial charge in [-0.25, -0.2) is 4.79 Å². The van der Waals surface area contributed by atoms with Crippen LogP contribution >= 0.6 is 0 Å². The van der Waals surface area contributed by atoms with Crippen LogP contribution in [0, 0.1) is 0 Å². The summed E-state index contributed by atoms with van der Waals surface area (Å²) in [7, 11) is 0.955. The second-order valence-corrected chi connectivity index (χ2v) is 4.76. The molecule has 0 saturated carbocycles. The molecule has 0 aliphatic carbocycles. The van der Waals surface area contributed by atoms with Crippen LogP contribution in [0.3, 0.4) is 0 Å². The van der Waals surface area contributed by atoms with E-state index in [1.807, 2.05) is 6.92 Å². The van der Waals surface area contributed by atoms with Crippen LogP contribution in [-0.4, -0.2) is 41.8 Å². The Hall–Kier alpha value is -0.593. The van der Waals surface area contributed by atoms with E-state index >= 15 is 0 Å². The number of nitrogens with one attached hydrogen (secondary N) is 1. The lowest BCUT2D eigenvalue weighted by Gasteiger charge is -2.14. The summed E-state index contributed by atoms with van der Waals surface area (Å²) in [6, 6.07) is -0.468. The van der Waals surface area contributed by atoms with Gasteiger partial charge in [-0.05, 0) is 12.8 Å². The van der Waals surface area contributed by atoms with Crippen LogP contribution in [0.5, 0.6) is 0 Å². The third-order valence-corrected chi connectivity index (χ3v) is 3.50. The molecule has 0 aromatic rings. The number of amides is 2. The van der Waals surface area contributed by atoms with Gasteiger partial charge < -0.3 is 20.2 Å². The first-order chi connectivity index (χ1) is 6.70. The molecular weight excluding hydrogens is 200 g/mol. The summed E-state index contributed by atoms with van der Waals surface area (Å²) in [6.45, 7) is 3.43. The first-order valence-electron chi connectivity index (χ1n) is 4.83. The van der Waals surface area contributed by atoms with Crippen molar-refractivity contribution in [3.63, 3.8) is 0 Å². The molecule has 84 valence electrons. The molecule has 3 N–H and O–H groups in total. The van der Waals surface area contributed by atoms with E-state index < -0.39 is 15.8 Å². The second-order valence-electron chi connectivity index (χ2n) is 3.04. The van der Waals surface area contributed by atoms with Crippen molar-refractivity contribution >= 4 is 15.8 Å². The van der Waals surface area contributed by atoms with E-state index in [1.165, 1.54) is 0 Å². The zero-order valence-corrected chi connectivity index (χ0v) is 10.3. The van der Waals surface area contributed by atoms with E-state index in [0.29, 0.717) is 13.2 Å². The highest BCUT2D eigenvalue weighted by molar-refractivity contribution is 6.30. The summed E-state index contributed by atoms with van der Waals surface area (Å²) in [4.78, 5) is 10.6. The number of rotatable bonds is 8. The third-order valence-electron chi connectivity index (χ3n) is 1.80. The highest BCUT2D eigenvalue weighted by Gasteiger charge is 2.08. The van der Waals surface area contributed by atoms with Crippen LogP contribution < -0.4 is 11.1 Å². The monoisotopic (exact) mass is 220 g/mol. The zero-order valence-electron chi connectivity index (χ0n) is 8.91. The van der Waals surface area contributed by atoms with E-state index in [4.69, 9.17) is 14.9 Å².